The Morgan fingerprint density at radius 2 is 2.08 bits per heavy atom. The van der Waals surface area contributed by atoms with Crippen molar-refractivity contribution in [2.24, 2.45) is 0 Å². The number of carboxylic acid groups (broad SMARTS) is 1. The normalized spacial score (nSPS) is 11.1. The Kier molecular flexibility index (Phi) is 5.64. The van der Waals surface area contributed by atoms with Crippen LogP contribution >= 0.6 is 0 Å². The molecule has 0 saturated heterocycles. The number of nitrogens with one attached hydrogen (secondary N) is 1. The Morgan fingerprint density at radius 1 is 1.35 bits per heavy atom. The number of aromatic carboxylic acids is 1. The molecule has 0 bridgehead atoms. The molecule has 1 amide bonds. The number of aromatic nitrogens is 3. The highest BCUT2D eigenvalue weighted by atomic mass is 19.4. The molecule has 2 N–H and O–H groups in total. The first-order valence-corrected chi connectivity index (χ1v) is 7.05. The number of carbonyl (C=O) groups excluding carboxylic acids is 1. The Morgan fingerprint density at radius 3 is 2.65 bits per heavy atom. The van der Waals surface area contributed by atoms with Gasteiger partial charge in [0.2, 0.25) is 0 Å². The minimum absolute atomic E-state index is 0.00633. The van der Waals surface area contributed by atoms with Gasteiger partial charge < -0.3 is 19.9 Å². The van der Waals surface area contributed by atoms with E-state index >= 15 is 0 Å². The molecular weight excluding hydrogens is 361 g/mol. The summed E-state index contributed by atoms with van der Waals surface area (Å²) in [5.41, 5.74) is -0.231. The summed E-state index contributed by atoms with van der Waals surface area (Å²) in [5, 5.41) is 18.2. The number of amides is 1. The molecule has 1 aromatic carbocycles. The molecule has 26 heavy (non-hydrogen) atoms. The summed E-state index contributed by atoms with van der Waals surface area (Å²) in [5.74, 6) is -2.45. The van der Waals surface area contributed by atoms with E-state index in [-0.39, 0.29) is 30.1 Å². The minimum Gasteiger partial charge on any atom is -0.496 e. The number of carbonyl (C=O) groups is 2. The van der Waals surface area contributed by atoms with E-state index in [9.17, 15) is 22.8 Å². The molecule has 12 heteroatoms. The van der Waals surface area contributed by atoms with E-state index in [1.54, 1.807) is 0 Å². The minimum atomic E-state index is -4.86. The summed E-state index contributed by atoms with van der Waals surface area (Å²) in [7, 11) is 1.20. The van der Waals surface area contributed by atoms with Crippen LogP contribution in [0.15, 0.2) is 24.4 Å². The molecule has 1 aromatic heterocycles. The van der Waals surface area contributed by atoms with Crippen molar-refractivity contribution in [1.82, 2.24) is 20.3 Å². The molecule has 0 aliphatic carbocycles. The number of ether oxygens (including phenoxy) is 2. The fourth-order valence-electron chi connectivity index (χ4n) is 1.94. The first-order chi connectivity index (χ1) is 12.2. The smallest absolute Gasteiger partial charge is 0.496 e. The van der Waals surface area contributed by atoms with Crippen molar-refractivity contribution in [2.45, 2.75) is 12.9 Å². The van der Waals surface area contributed by atoms with Crippen LogP contribution < -0.4 is 14.8 Å². The van der Waals surface area contributed by atoms with Crippen LogP contribution in [0.5, 0.6) is 11.5 Å². The number of halogens is 3. The van der Waals surface area contributed by atoms with Crippen molar-refractivity contribution in [3.05, 3.63) is 35.7 Å². The van der Waals surface area contributed by atoms with Crippen molar-refractivity contribution < 1.29 is 37.3 Å². The molecule has 0 saturated carbocycles. The average molecular weight is 374 g/mol. The quantitative estimate of drug-likeness (QED) is 0.751. The summed E-state index contributed by atoms with van der Waals surface area (Å²) in [4.78, 5) is 22.8. The second kappa shape index (κ2) is 7.72. The monoisotopic (exact) mass is 374 g/mol. The summed E-state index contributed by atoms with van der Waals surface area (Å²) >= 11 is 0. The van der Waals surface area contributed by atoms with Crippen molar-refractivity contribution in [1.29, 1.82) is 0 Å². The van der Waals surface area contributed by atoms with Gasteiger partial charge in [0.1, 0.15) is 11.5 Å². The van der Waals surface area contributed by atoms with Gasteiger partial charge in [-0.2, -0.15) is 0 Å². The maximum absolute atomic E-state index is 12.2. The maximum atomic E-state index is 12.2. The Labute approximate surface area is 144 Å². The SMILES string of the molecule is COc1cc(OC(F)(F)F)ccc1C(=O)NCCn1cc(C(=O)O)nn1. The first-order valence-electron chi connectivity index (χ1n) is 7.05. The van der Waals surface area contributed by atoms with E-state index in [0.29, 0.717) is 0 Å². The van der Waals surface area contributed by atoms with Crippen LogP contribution in [0.3, 0.4) is 0 Å². The summed E-state index contributed by atoms with van der Waals surface area (Å²) in [6.07, 6.45) is -3.67. The summed E-state index contributed by atoms with van der Waals surface area (Å²) in [6.45, 7) is 0.217. The highest BCUT2D eigenvalue weighted by molar-refractivity contribution is 5.97. The number of alkyl halides is 3. The molecule has 140 valence electrons. The lowest BCUT2D eigenvalue weighted by Gasteiger charge is -2.13. The fraction of sp³-hybridized carbons (Fsp3) is 0.286. The van der Waals surface area contributed by atoms with Gasteiger partial charge in [-0.25, -0.2) is 9.48 Å². The van der Waals surface area contributed by atoms with Crippen LogP contribution in [-0.2, 0) is 6.54 Å². The van der Waals surface area contributed by atoms with Gasteiger partial charge in [0, 0.05) is 12.6 Å². The molecule has 9 nitrogen and oxygen atoms in total. The predicted molar refractivity (Wildman–Crippen MR) is 79.0 cm³/mol. The number of benzene rings is 1. The molecule has 0 fully saturated rings. The number of methoxy groups -OCH3 is 1. The molecule has 2 rings (SSSR count). The van der Waals surface area contributed by atoms with Gasteiger partial charge in [-0.3, -0.25) is 4.79 Å². The highest BCUT2D eigenvalue weighted by Gasteiger charge is 2.31. The molecule has 0 aliphatic heterocycles. The van der Waals surface area contributed by atoms with Crippen LogP contribution in [0.4, 0.5) is 13.2 Å². The predicted octanol–water partition coefficient (Wildman–Crippen LogP) is 1.31. The van der Waals surface area contributed by atoms with E-state index in [0.717, 1.165) is 18.2 Å². The van der Waals surface area contributed by atoms with Crippen LogP contribution in [0.2, 0.25) is 0 Å². The third-order valence-corrected chi connectivity index (χ3v) is 3.04. The molecular formula is C14H13F3N4O5. The van der Waals surface area contributed by atoms with Crippen molar-refractivity contribution in [3.63, 3.8) is 0 Å². The first kappa shape index (κ1) is 19.0. The van der Waals surface area contributed by atoms with Crippen molar-refractivity contribution >= 4 is 11.9 Å². The number of hydrogen-bond acceptors (Lipinski definition) is 6. The Hall–Kier alpha value is -3.31. The molecule has 0 unspecified atom stereocenters. The second-order valence-electron chi connectivity index (χ2n) is 4.84. The Balaban J connectivity index is 1.98. The highest BCUT2D eigenvalue weighted by Crippen LogP contribution is 2.28. The molecule has 0 aliphatic rings. The van der Waals surface area contributed by atoms with Crippen LogP contribution in [0, 0.1) is 0 Å². The number of rotatable bonds is 7. The third kappa shape index (κ3) is 5.09. The lowest BCUT2D eigenvalue weighted by molar-refractivity contribution is -0.274. The van der Waals surface area contributed by atoms with Gasteiger partial charge in [0.15, 0.2) is 5.69 Å². The molecule has 1 heterocycles. The lowest BCUT2D eigenvalue weighted by Crippen LogP contribution is -2.27. The zero-order chi connectivity index (χ0) is 19.3. The topological polar surface area (TPSA) is 116 Å². The van der Waals surface area contributed by atoms with E-state index in [2.05, 4.69) is 20.4 Å². The zero-order valence-electron chi connectivity index (χ0n) is 13.3. The van der Waals surface area contributed by atoms with E-state index in [1.165, 1.54) is 18.0 Å². The van der Waals surface area contributed by atoms with E-state index in [1.807, 2.05) is 0 Å². The third-order valence-electron chi connectivity index (χ3n) is 3.04. The van der Waals surface area contributed by atoms with E-state index < -0.39 is 24.0 Å². The number of hydrogen-bond donors (Lipinski definition) is 2. The Bertz CT molecular complexity index is 806. The summed E-state index contributed by atoms with van der Waals surface area (Å²) < 4.78 is 46.6. The summed E-state index contributed by atoms with van der Waals surface area (Å²) in [6, 6.07) is 3.06. The maximum Gasteiger partial charge on any atom is 0.573 e. The van der Waals surface area contributed by atoms with Crippen molar-refractivity contribution in [3.8, 4) is 11.5 Å². The van der Waals surface area contributed by atoms with E-state index in [4.69, 9.17) is 9.84 Å². The number of nitrogens with zero attached hydrogens (tertiary/aromatic N) is 3. The van der Waals surface area contributed by atoms with Crippen LogP contribution in [0.1, 0.15) is 20.8 Å². The van der Waals surface area contributed by atoms with Gasteiger partial charge in [0.25, 0.3) is 5.91 Å². The van der Waals surface area contributed by atoms with Gasteiger partial charge in [-0.05, 0) is 12.1 Å². The van der Waals surface area contributed by atoms with Crippen LogP contribution in [-0.4, -0.2) is 52.0 Å². The average Bonchev–Trinajstić information content (AvgIpc) is 3.02. The number of carboxylic acids is 1. The second-order valence-corrected chi connectivity index (χ2v) is 4.84. The van der Waals surface area contributed by atoms with Gasteiger partial charge in [0.05, 0.1) is 25.4 Å². The molecule has 0 spiro atoms. The fourth-order valence-corrected chi connectivity index (χ4v) is 1.94. The molecule has 2 aromatic rings. The standard InChI is InChI=1S/C14H13F3N4O5/c1-25-11-6-8(26-14(15,16)17)2-3-9(11)12(22)18-4-5-21-7-10(13(23)24)19-20-21/h2-3,6-7H,4-5H2,1H3,(H,18,22)(H,23,24). The lowest BCUT2D eigenvalue weighted by atomic mass is 10.1. The molecule has 0 atom stereocenters. The zero-order valence-corrected chi connectivity index (χ0v) is 13.3. The van der Waals surface area contributed by atoms with Crippen LogP contribution in [0.25, 0.3) is 0 Å². The largest absolute Gasteiger partial charge is 0.573 e. The van der Waals surface area contributed by atoms with Gasteiger partial charge in [-0.15, -0.1) is 18.3 Å². The van der Waals surface area contributed by atoms with Gasteiger partial charge in [-0.1, -0.05) is 5.21 Å². The molecule has 0 radical (unpaired) electrons. The van der Waals surface area contributed by atoms with Crippen molar-refractivity contribution in [2.75, 3.05) is 13.7 Å². The van der Waals surface area contributed by atoms with Gasteiger partial charge >= 0.3 is 12.3 Å².